The van der Waals surface area contributed by atoms with E-state index in [1.54, 1.807) is 6.92 Å². The van der Waals surface area contributed by atoms with E-state index in [0.29, 0.717) is 5.56 Å². The molecule has 2 amide bonds. The first-order valence-corrected chi connectivity index (χ1v) is 5.70. The lowest BCUT2D eigenvalue weighted by Crippen LogP contribution is -2.30. The minimum absolute atomic E-state index is 0.0343. The Kier molecular flexibility index (Phi) is 5.70. The van der Waals surface area contributed by atoms with E-state index in [1.807, 2.05) is 0 Å². The van der Waals surface area contributed by atoms with Gasteiger partial charge >= 0.3 is 18.6 Å². The predicted octanol–water partition coefficient (Wildman–Crippen LogP) is 2.19. The molecule has 0 fully saturated rings. The second-order valence-electron chi connectivity index (χ2n) is 3.88. The molecule has 0 saturated carbocycles. The number of ether oxygens (including phenoxy) is 1. The number of hydrogen-bond donors (Lipinski definition) is 3. The zero-order valence-electron chi connectivity index (χ0n) is 10.7. The summed E-state index contributed by atoms with van der Waals surface area (Å²) in [6, 6.07) is 3.67. The molecule has 20 heavy (non-hydrogen) atoms. The molecule has 0 aliphatic heterocycles. The number of alkyl halides is 2. The largest absolute Gasteiger partial charge is 0.481 e. The Morgan fingerprint density at radius 2 is 2.10 bits per heavy atom. The monoisotopic (exact) mass is 288 g/mol. The van der Waals surface area contributed by atoms with E-state index in [9.17, 15) is 18.4 Å². The number of aliphatic carboxylic acids is 1. The number of anilines is 1. The Morgan fingerprint density at radius 3 is 2.70 bits per heavy atom. The highest BCUT2D eigenvalue weighted by Gasteiger charge is 2.09. The van der Waals surface area contributed by atoms with Crippen LogP contribution in [0.1, 0.15) is 12.0 Å². The van der Waals surface area contributed by atoms with Gasteiger partial charge in [0.1, 0.15) is 5.75 Å². The fraction of sp³-hybridized carbons (Fsp3) is 0.333. The SMILES string of the molecule is Cc1ccc(NC(=O)NCCC(=O)O)cc1OC(F)F. The maximum Gasteiger partial charge on any atom is 0.387 e. The van der Waals surface area contributed by atoms with Crippen LogP contribution in [0.25, 0.3) is 0 Å². The molecule has 3 N–H and O–H groups in total. The normalized spacial score (nSPS) is 10.2. The van der Waals surface area contributed by atoms with Crippen molar-refractivity contribution in [2.75, 3.05) is 11.9 Å². The number of carbonyl (C=O) groups excluding carboxylic acids is 1. The fourth-order valence-corrected chi connectivity index (χ4v) is 1.36. The van der Waals surface area contributed by atoms with Gasteiger partial charge in [0.05, 0.1) is 6.42 Å². The number of carbonyl (C=O) groups is 2. The first kappa shape index (κ1) is 15.7. The van der Waals surface area contributed by atoms with Crippen molar-refractivity contribution in [2.45, 2.75) is 20.0 Å². The van der Waals surface area contributed by atoms with Gasteiger partial charge in [-0.05, 0) is 18.6 Å². The van der Waals surface area contributed by atoms with Crippen LogP contribution in [0, 0.1) is 6.92 Å². The van der Waals surface area contributed by atoms with E-state index in [-0.39, 0.29) is 24.4 Å². The zero-order chi connectivity index (χ0) is 15.1. The Balaban J connectivity index is 2.59. The van der Waals surface area contributed by atoms with Crippen molar-refractivity contribution in [3.63, 3.8) is 0 Å². The van der Waals surface area contributed by atoms with Gasteiger partial charge in [-0.25, -0.2) is 4.79 Å². The average molecular weight is 288 g/mol. The molecule has 8 heteroatoms. The Hall–Kier alpha value is -2.38. The van der Waals surface area contributed by atoms with Gasteiger partial charge in [0.2, 0.25) is 0 Å². The molecule has 0 spiro atoms. The molecular weight excluding hydrogens is 274 g/mol. The van der Waals surface area contributed by atoms with E-state index in [2.05, 4.69) is 15.4 Å². The lowest BCUT2D eigenvalue weighted by atomic mass is 10.2. The molecule has 0 saturated heterocycles. The van der Waals surface area contributed by atoms with Crippen molar-refractivity contribution >= 4 is 17.7 Å². The van der Waals surface area contributed by atoms with Crippen molar-refractivity contribution in [1.82, 2.24) is 5.32 Å². The lowest BCUT2D eigenvalue weighted by molar-refractivity contribution is -0.136. The molecule has 1 aromatic carbocycles. The van der Waals surface area contributed by atoms with Crippen molar-refractivity contribution < 1.29 is 28.2 Å². The van der Waals surface area contributed by atoms with Gasteiger partial charge in [0.15, 0.2) is 0 Å². The fourth-order valence-electron chi connectivity index (χ4n) is 1.36. The highest BCUT2D eigenvalue weighted by Crippen LogP contribution is 2.24. The Morgan fingerprint density at radius 1 is 1.40 bits per heavy atom. The average Bonchev–Trinajstić information content (AvgIpc) is 2.32. The number of carboxylic acids is 1. The third-order valence-corrected chi connectivity index (χ3v) is 2.29. The summed E-state index contributed by atoms with van der Waals surface area (Å²) in [6.07, 6.45) is -0.207. The van der Waals surface area contributed by atoms with Gasteiger partial charge in [-0.15, -0.1) is 0 Å². The number of urea groups is 1. The van der Waals surface area contributed by atoms with Crippen LogP contribution in [0.5, 0.6) is 5.75 Å². The molecule has 1 aromatic rings. The van der Waals surface area contributed by atoms with Crippen LogP contribution < -0.4 is 15.4 Å². The summed E-state index contributed by atoms with van der Waals surface area (Å²) < 4.78 is 28.6. The van der Waals surface area contributed by atoms with E-state index in [1.165, 1.54) is 18.2 Å². The quantitative estimate of drug-likeness (QED) is 0.748. The molecular formula is C12H14F2N2O4. The third kappa shape index (κ3) is 5.51. The summed E-state index contributed by atoms with van der Waals surface area (Å²) in [4.78, 5) is 21.7. The number of nitrogens with one attached hydrogen (secondary N) is 2. The smallest absolute Gasteiger partial charge is 0.387 e. The van der Waals surface area contributed by atoms with Gasteiger partial charge in [0, 0.05) is 18.3 Å². The topological polar surface area (TPSA) is 87.7 Å². The predicted molar refractivity (Wildman–Crippen MR) is 67.1 cm³/mol. The molecule has 0 bridgehead atoms. The molecule has 0 radical (unpaired) electrons. The summed E-state index contributed by atoms with van der Waals surface area (Å²) in [5.74, 6) is -1.07. The molecule has 0 aromatic heterocycles. The highest BCUT2D eigenvalue weighted by molar-refractivity contribution is 5.89. The summed E-state index contributed by atoms with van der Waals surface area (Å²) in [5.41, 5.74) is 0.765. The number of benzene rings is 1. The van der Waals surface area contributed by atoms with Crippen molar-refractivity contribution in [3.8, 4) is 5.75 Å². The van der Waals surface area contributed by atoms with E-state index >= 15 is 0 Å². The zero-order valence-corrected chi connectivity index (χ0v) is 10.7. The molecule has 1 rings (SSSR count). The number of amides is 2. The van der Waals surface area contributed by atoms with Crippen LogP contribution in [-0.4, -0.2) is 30.3 Å². The molecule has 0 heterocycles. The summed E-state index contributed by atoms with van der Waals surface area (Å²) in [6.45, 7) is -1.39. The number of carboxylic acid groups (broad SMARTS) is 1. The number of rotatable bonds is 6. The third-order valence-electron chi connectivity index (χ3n) is 2.29. The van der Waals surface area contributed by atoms with Crippen LogP contribution >= 0.6 is 0 Å². The molecule has 110 valence electrons. The summed E-state index contributed by atoms with van der Waals surface area (Å²) >= 11 is 0. The van der Waals surface area contributed by atoms with Crippen molar-refractivity contribution in [1.29, 1.82) is 0 Å². The number of hydrogen-bond acceptors (Lipinski definition) is 3. The van der Waals surface area contributed by atoms with Crippen molar-refractivity contribution in [3.05, 3.63) is 23.8 Å². The number of aryl methyl sites for hydroxylation is 1. The molecule has 0 unspecified atom stereocenters. The summed E-state index contributed by atoms with van der Waals surface area (Å²) in [5, 5.41) is 13.1. The van der Waals surface area contributed by atoms with Crippen LogP contribution in [0.2, 0.25) is 0 Å². The minimum atomic E-state index is -2.95. The van der Waals surface area contributed by atoms with Crippen LogP contribution in [0.4, 0.5) is 19.3 Å². The maximum absolute atomic E-state index is 12.2. The highest BCUT2D eigenvalue weighted by atomic mass is 19.3. The van der Waals surface area contributed by atoms with E-state index < -0.39 is 18.6 Å². The van der Waals surface area contributed by atoms with Gasteiger partial charge in [0.25, 0.3) is 0 Å². The molecule has 0 aliphatic carbocycles. The van der Waals surface area contributed by atoms with E-state index in [0.717, 1.165) is 0 Å². The molecule has 6 nitrogen and oxygen atoms in total. The summed E-state index contributed by atoms with van der Waals surface area (Å²) in [7, 11) is 0. The molecule has 0 atom stereocenters. The number of halogens is 2. The van der Waals surface area contributed by atoms with Crippen LogP contribution in [0.15, 0.2) is 18.2 Å². The minimum Gasteiger partial charge on any atom is -0.481 e. The Labute approximate surface area is 113 Å². The van der Waals surface area contributed by atoms with Gasteiger partial charge in [-0.3, -0.25) is 4.79 Å². The second-order valence-corrected chi connectivity index (χ2v) is 3.88. The van der Waals surface area contributed by atoms with Crippen molar-refractivity contribution in [2.24, 2.45) is 0 Å². The lowest BCUT2D eigenvalue weighted by Gasteiger charge is -2.11. The van der Waals surface area contributed by atoms with Crippen LogP contribution in [0.3, 0.4) is 0 Å². The van der Waals surface area contributed by atoms with Gasteiger partial charge in [-0.1, -0.05) is 6.07 Å². The van der Waals surface area contributed by atoms with Gasteiger partial charge in [-0.2, -0.15) is 8.78 Å². The van der Waals surface area contributed by atoms with E-state index in [4.69, 9.17) is 5.11 Å². The standard InChI is InChI=1S/C12H14F2N2O4/c1-7-2-3-8(6-9(7)20-11(13)14)16-12(19)15-5-4-10(17)18/h2-3,6,11H,4-5H2,1H3,(H,17,18)(H2,15,16,19). The van der Waals surface area contributed by atoms with Gasteiger partial charge < -0.3 is 20.5 Å². The maximum atomic E-state index is 12.2. The first-order valence-electron chi connectivity index (χ1n) is 5.70. The van der Waals surface area contributed by atoms with Crippen LogP contribution in [-0.2, 0) is 4.79 Å². The first-order chi connectivity index (χ1) is 9.38. The second kappa shape index (κ2) is 7.27. The molecule has 0 aliphatic rings. The Bertz CT molecular complexity index is 494.